The van der Waals surface area contributed by atoms with Crippen molar-refractivity contribution in [1.29, 1.82) is 0 Å². The molecule has 11 aromatic rings. The van der Waals surface area contributed by atoms with Gasteiger partial charge in [-0.05, 0) is 108 Å². The molecule has 1 aromatic heterocycles. The third-order valence-corrected chi connectivity index (χ3v) is 12.5. The fourth-order valence-corrected chi connectivity index (χ4v) is 10.2. The fraction of sp³-hybridized carbons (Fsp3) is 0. The zero-order valence-electron chi connectivity index (χ0n) is 30.1. The Balaban J connectivity index is 1.23. The number of thiophene rings is 1. The van der Waals surface area contributed by atoms with Crippen LogP contribution in [0.5, 0.6) is 0 Å². The summed E-state index contributed by atoms with van der Waals surface area (Å²) in [6, 6.07) is 52.3. The van der Waals surface area contributed by atoms with E-state index >= 15 is 17.6 Å². The molecule has 0 nitrogen and oxygen atoms in total. The van der Waals surface area contributed by atoms with Gasteiger partial charge in [-0.2, -0.15) is 0 Å². The number of halogens is 4. The van der Waals surface area contributed by atoms with Gasteiger partial charge in [0.05, 0.1) is 11.1 Å². The topological polar surface area (TPSA) is 0 Å². The van der Waals surface area contributed by atoms with E-state index in [1.165, 1.54) is 36.4 Å². The van der Waals surface area contributed by atoms with Crippen molar-refractivity contribution in [2.45, 2.75) is 0 Å². The van der Waals surface area contributed by atoms with Gasteiger partial charge in [-0.15, -0.1) is 11.3 Å². The molecule has 57 heavy (non-hydrogen) atoms. The predicted molar refractivity (Wildman–Crippen MR) is 231 cm³/mol. The van der Waals surface area contributed by atoms with Crippen LogP contribution in [-0.4, -0.2) is 0 Å². The summed E-state index contributed by atoms with van der Waals surface area (Å²) in [5.74, 6) is -2.43. The summed E-state index contributed by atoms with van der Waals surface area (Å²) in [6.45, 7) is 0. The Hall–Kier alpha value is -6.82. The van der Waals surface area contributed by atoms with E-state index in [2.05, 4.69) is 36.4 Å². The molecule has 0 fully saturated rings. The maximum absolute atomic E-state index is 15.6. The Labute approximate surface area is 328 Å². The molecule has 5 heteroatoms. The number of hydrogen-bond donors (Lipinski definition) is 0. The Morgan fingerprint density at radius 2 is 0.667 bits per heavy atom. The van der Waals surface area contributed by atoms with Crippen LogP contribution in [-0.2, 0) is 0 Å². The summed E-state index contributed by atoms with van der Waals surface area (Å²) < 4.78 is 64.5. The largest absolute Gasteiger partial charge is 0.206 e. The number of benzene rings is 10. The molecule has 0 unspecified atom stereocenters. The third kappa shape index (κ3) is 4.99. The van der Waals surface area contributed by atoms with E-state index in [4.69, 9.17) is 0 Å². The second-order valence-electron chi connectivity index (χ2n) is 14.4. The van der Waals surface area contributed by atoms with E-state index in [9.17, 15) is 0 Å². The van der Waals surface area contributed by atoms with Gasteiger partial charge < -0.3 is 0 Å². The van der Waals surface area contributed by atoms with Crippen LogP contribution in [0.2, 0.25) is 0 Å². The zero-order valence-corrected chi connectivity index (χ0v) is 30.9. The molecule has 0 atom stereocenters. The quantitative estimate of drug-likeness (QED) is 0.124. The Kier molecular flexibility index (Phi) is 7.57. The van der Waals surface area contributed by atoms with E-state index in [1.54, 1.807) is 11.3 Å². The average Bonchev–Trinajstić information content (AvgIpc) is 3.61. The molecule has 0 saturated carbocycles. The predicted octanol–water partition coefficient (Wildman–Crippen LogP) is 15.9. The molecule has 0 saturated heterocycles. The zero-order chi connectivity index (χ0) is 38.4. The molecule has 0 aliphatic carbocycles. The van der Waals surface area contributed by atoms with Crippen molar-refractivity contribution >= 4 is 74.6 Å². The monoisotopic (exact) mass is 760 g/mol. The number of hydrogen-bond acceptors (Lipinski definition) is 1. The second-order valence-corrected chi connectivity index (χ2v) is 15.5. The van der Waals surface area contributed by atoms with Crippen LogP contribution in [0.15, 0.2) is 170 Å². The summed E-state index contributed by atoms with van der Waals surface area (Å²) in [5.41, 5.74) is 4.95. The molecular weight excluding hydrogens is 733 g/mol. The molecular formula is C52H28F4S. The molecule has 0 bridgehead atoms. The fourth-order valence-electron chi connectivity index (χ4n) is 9.06. The van der Waals surface area contributed by atoms with Gasteiger partial charge in [0.15, 0.2) is 0 Å². The van der Waals surface area contributed by atoms with Gasteiger partial charge in [-0.25, -0.2) is 17.6 Å². The highest BCUT2D eigenvalue weighted by molar-refractivity contribution is 7.26. The maximum Gasteiger partial charge on any atom is 0.134 e. The summed E-state index contributed by atoms with van der Waals surface area (Å²) in [5, 5.41) is 8.76. The van der Waals surface area contributed by atoms with Crippen LogP contribution in [0, 0.1) is 23.3 Å². The van der Waals surface area contributed by atoms with E-state index in [0.717, 1.165) is 85.5 Å². The first-order valence-corrected chi connectivity index (χ1v) is 19.5. The lowest BCUT2D eigenvalue weighted by Gasteiger charge is -2.19. The lowest BCUT2D eigenvalue weighted by atomic mass is 9.84. The molecule has 0 spiro atoms. The minimum absolute atomic E-state index is 0.0383. The van der Waals surface area contributed by atoms with E-state index < -0.39 is 23.3 Å². The standard InChI is InChI=1S/C52H28F4S/c53-40-21-10-22-41(54)51(40)49-34-16-5-1-12-30(34)46(31-13-2-6-17-35(31)49)29-26-27-44-39(28-29)48-38(20-9-25-45(48)57-44)47-32-14-3-7-18-36(32)50(37-19-8-4-15-33(37)47)52-42(55)23-11-24-43(52)56/h1-28H. The Morgan fingerprint density at radius 1 is 0.281 bits per heavy atom. The molecule has 1 heterocycles. The Morgan fingerprint density at radius 3 is 1.11 bits per heavy atom. The van der Waals surface area contributed by atoms with Crippen molar-refractivity contribution in [2.75, 3.05) is 0 Å². The van der Waals surface area contributed by atoms with Crippen molar-refractivity contribution in [3.63, 3.8) is 0 Å². The molecule has 0 aliphatic heterocycles. The van der Waals surface area contributed by atoms with Gasteiger partial charge in [-0.3, -0.25) is 0 Å². The normalized spacial score (nSPS) is 11.9. The molecule has 10 aromatic carbocycles. The highest BCUT2D eigenvalue weighted by Gasteiger charge is 2.24. The molecule has 0 radical (unpaired) electrons. The highest BCUT2D eigenvalue weighted by Crippen LogP contribution is 2.50. The lowest BCUT2D eigenvalue weighted by Crippen LogP contribution is -1.95. The number of fused-ring (bicyclic) bond motifs is 7. The SMILES string of the molecule is Fc1cccc(F)c1-c1c2ccccc2c(-c2ccc3sc4cccc(-c5c6ccccc6c(-c6c(F)cccc6F)c6ccccc56)c4c3c2)c2ccccc12. The van der Waals surface area contributed by atoms with Gasteiger partial charge in [-0.1, -0.05) is 127 Å². The summed E-state index contributed by atoms with van der Waals surface area (Å²) in [6.07, 6.45) is 0. The molecule has 0 amide bonds. The van der Waals surface area contributed by atoms with Crippen LogP contribution >= 0.6 is 11.3 Å². The van der Waals surface area contributed by atoms with Crippen LogP contribution in [0.1, 0.15) is 0 Å². The summed E-state index contributed by atoms with van der Waals surface area (Å²) in [7, 11) is 0. The van der Waals surface area contributed by atoms with Gasteiger partial charge in [0, 0.05) is 31.3 Å². The smallest absolute Gasteiger partial charge is 0.134 e. The first-order chi connectivity index (χ1) is 28.0. The van der Waals surface area contributed by atoms with E-state index in [1.807, 2.05) is 97.1 Å². The van der Waals surface area contributed by atoms with Gasteiger partial charge in [0.2, 0.25) is 0 Å². The second kappa shape index (κ2) is 12.9. The van der Waals surface area contributed by atoms with Crippen LogP contribution in [0.4, 0.5) is 17.6 Å². The lowest BCUT2D eigenvalue weighted by molar-refractivity contribution is 0.589. The highest BCUT2D eigenvalue weighted by atomic mass is 32.1. The van der Waals surface area contributed by atoms with Gasteiger partial charge in [0.1, 0.15) is 23.3 Å². The van der Waals surface area contributed by atoms with Crippen molar-refractivity contribution < 1.29 is 17.6 Å². The molecule has 270 valence electrons. The Bertz CT molecular complexity index is 3320. The minimum Gasteiger partial charge on any atom is -0.206 e. The van der Waals surface area contributed by atoms with Crippen molar-refractivity contribution in [3.05, 3.63) is 193 Å². The van der Waals surface area contributed by atoms with Crippen molar-refractivity contribution in [1.82, 2.24) is 0 Å². The van der Waals surface area contributed by atoms with Crippen molar-refractivity contribution in [3.8, 4) is 44.5 Å². The van der Waals surface area contributed by atoms with E-state index in [0.29, 0.717) is 11.1 Å². The first-order valence-electron chi connectivity index (χ1n) is 18.7. The third-order valence-electron chi connectivity index (χ3n) is 11.3. The van der Waals surface area contributed by atoms with Crippen LogP contribution in [0.3, 0.4) is 0 Å². The molecule has 0 N–H and O–H groups in total. The van der Waals surface area contributed by atoms with Crippen LogP contribution < -0.4 is 0 Å². The minimum atomic E-state index is -0.608. The first kappa shape index (κ1) is 33.5. The van der Waals surface area contributed by atoms with Gasteiger partial charge >= 0.3 is 0 Å². The summed E-state index contributed by atoms with van der Waals surface area (Å²) in [4.78, 5) is 0. The van der Waals surface area contributed by atoms with Gasteiger partial charge in [0.25, 0.3) is 0 Å². The number of rotatable bonds is 4. The molecule has 11 rings (SSSR count). The molecule has 0 aliphatic rings. The van der Waals surface area contributed by atoms with Crippen LogP contribution in [0.25, 0.3) is 108 Å². The maximum atomic E-state index is 15.6. The van der Waals surface area contributed by atoms with E-state index in [-0.39, 0.29) is 11.1 Å². The average molecular weight is 761 g/mol. The van der Waals surface area contributed by atoms with Crippen molar-refractivity contribution in [2.24, 2.45) is 0 Å². The summed E-state index contributed by atoms with van der Waals surface area (Å²) >= 11 is 1.72.